The molecule has 6 heteroatoms. The topological polar surface area (TPSA) is 49.4 Å². The van der Waals surface area contributed by atoms with Crippen molar-refractivity contribution in [3.8, 4) is 12.3 Å². The summed E-state index contributed by atoms with van der Waals surface area (Å²) in [4.78, 5) is 24.6. The molecule has 0 bridgehead atoms. The summed E-state index contributed by atoms with van der Waals surface area (Å²) < 4.78 is 26.4. The zero-order chi connectivity index (χ0) is 14.2. The molecule has 19 heavy (non-hydrogen) atoms. The minimum absolute atomic E-state index is 0.0304. The minimum Gasteiger partial charge on any atom is -0.319 e. The quantitative estimate of drug-likeness (QED) is 0.647. The van der Waals surface area contributed by atoms with Crippen LogP contribution in [0.4, 0.5) is 13.6 Å². The van der Waals surface area contributed by atoms with Gasteiger partial charge in [-0.2, -0.15) is 0 Å². The normalized spacial score (nSPS) is 22.3. The van der Waals surface area contributed by atoms with Crippen LogP contribution in [0.5, 0.6) is 0 Å². The molecule has 1 aliphatic rings. The standard InChI is InChI=1S/C13H10F2N2O2/c1-3-4-17-11(18)13(2,16-12(17)19)8-5-9(14)7-10(15)6-8/h1,5-7H,4H2,2H3,(H,16,19)/t13-/m0/s1. The third kappa shape index (κ3) is 2.03. The number of amides is 3. The molecule has 0 aromatic heterocycles. The first kappa shape index (κ1) is 13.0. The van der Waals surface area contributed by atoms with Crippen LogP contribution in [0.3, 0.4) is 0 Å². The van der Waals surface area contributed by atoms with Crippen molar-refractivity contribution in [2.45, 2.75) is 12.5 Å². The lowest BCUT2D eigenvalue weighted by Gasteiger charge is -2.22. The number of imide groups is 1. The molecule has 1 atom stereocenters. The van der Waals surface area contributed by atoms with E-state index in [1.54, 1.807) is 0 Å². The lowest BCUT2D eigenvalue weighted by molar-refractivity contribution is -0.130. The number of hydrogen-bond donors (Lipinski definition) is 1. The predicted octanol–water partition coefficient (Wildman–Crippen LogP) is 1.37. The van der Waals surface area contributed by atoms with Crippen molar-refractivity contribution >= 4 is 11.9 Å². The maximum atomic E-state index is 13.2. The predicted molar refractivity (Wildman–Crippen MR) is 62.8 cm³/mol. The fourth-order valence-electron chi connectivity index (χ4n) is 1.97. The van der Waals surface area contributed by atoms with Gasteiger partial charge in [-0.3, -0.25) is 9.69 Å². The summed E-state index contributed by atoms with van der Waals surface area (Å²) in [6, 6.07) is 2.00. The summed E-state index contributed by atoms with van der Waals surface area (Å²) >= 11 is 0. The number of carbonyl (C=O) groups excluding carboxylic acids is 2. The molecule has 1 aromatic rings. The van der Waals surface area contributed by atoms with E-state index in [0.717, 1.165) is 17.0 Å². The molecule has 98 valence electrons. The van der Waals surface area contributed by atoms with Gasteiger partial charge in [0.05, 0.1) is 6.54 Å². The summed E-state index contributed by atoms with van der Waals surface area (Å²) in [5.41, 5.74) is -1.49. The Morgan fingerprint density at radius 3 is 2.42 bits per heavy atom. The lowest BCUT2D eigenvalue weighted by Crippen LogP contribution is -2.41. The number of halogens is 2. The number of nitrogens with one attached hydrogen (secondary N) is 1. The zero-order valence-electron chi connectivity index (χ0n) is 10.0. The second kappa shape index (κ2) is 4.35. The summed E-state index contributed by atoms with van der Waals surface area (Å²) in [6.07, 6.45) is 5.06. The van der Waals surface area contributed by atoms with Gasteiger partial charge < -0.3 is 5.32 Å². The van der Waals surface area contributed by atoms with E-state index in [9.17, 15) is 18.4 Å². The second-order valence-corrected chi connectivity index (χ2v) is 4.31. The van der Waals surface area contributed by atoms with E-state index in [1.807, 2.05) is 0 Å². The van der Waals surface area contributed by atoms with Crippen molar-refractivity contribution in [3.05, 3.63) is 35.4 Å². The van der Waals surface area contributed by atoms with Gasteiger partial charge in [-0.25, -0.2) is 13.6 Å². The number of terminal acetylenes is 1. The smallest absolute Gasteiger partial charge is 0.319 e. The average molecular weight is 264 g/mol. The molecule has 1 fully saturated rings. The van der Waals surface area contributed by atoms with Crippen LogP contribution in [0.25, 0.3) is 0 Å². The Bertz CT molecular complexity index is 589. The van der Waals surface area contributed by atoms with Crippen LogP contribution in [0.15, 0.2) is 18.2 Å². The van der Waals surface area contributed by atoms with Gasteiger partial charge in [-0.15, -0.1) is 6.42 Å². The van der Waals surface area contributed by atoms with Crippen LogP contribution in [-0.4, -0.2) is 23.4 Å². The molecule has 1 aromatic carbocycles. The monoisotopic (exact) mass is 264 g/mol. The summed E-state index contributed by atoms with van der Waals surface area (Å²) in [6.45, 7) is 1.18. The second-order valence-electron chi connectivity index (χ2n) is 4.31. The van der Waals surface area contributed by atoms with Gasteiger partial charge in [-0.1, -0.05) is 5.92 Å². The van der Waals surface area contributed by atoms with E-state index < -0.39 is 29.1 Å². The van der Waals surface area contributed by atoms with Crippen LogP contribution in [0, 0.1) is 24.0 Å². The number of benzene rings is 1. The van der Waals surface area contributed by atoms with Crippen LogP contribution in [0.2, 0.25) is 0 Å². The molecule has 0 aliphatic carbocycles. The molecule has 1 aliphatic heterocycles. The van der Waals surface area contributed by atoms with E-state index in [4.69, 9.17) is 6.42 Å². The Balaban J connectivity index is 2.47. The Morgan fingerprint density at radius 1 is 1.32 bits per heavy atom. The Labute approximate surface area is 108 Å². The van der Waals surface area contributed by atoms with Crippen molar-refractivity contribution in [3.63, 3.8) is 0 Å². The highest BCUT2D eigenvalue weighted by Gasteiger charge is 2.49. The minimum atomic E-state index is -1.52. The van der Waals surface area contributed by atoms with E-state index in [-0.39, 0.29) is 12.1 Å². The molecule has 0 radical (unpaired) electrons. The van der Waals surface area contributed by atoms with E-state index in [1.165, 1.54) is 6.92 Å². The van der Waals surface area contributed by atoms with E-state index >= 15 is 0 Å². The number of hydrogen-bond acceptors (Lipinski definition) is 2. The molecule has 0 unspecified atom stereocenters. The van der Waals surface area contributed by atoms with Gasteiger partial charge in [0.15, 0.2) is 0 Å². The van der Waals surface area contributed by atoms with Gasteiger partial charge in [-0.05, 0) is 24.6 Å². The number of nitrogens with zero attached hydrogens (tertiary/aromatic N) is 1. The number of urea groups is 1. The highest BCUT2D eigenvalue weighted by molar-refractivity contribution is 6.07. The maximum Gasteiger partial charge on any atom is 0.326 e. The van der Waals surface area contributed by atoms with Crippen LogP contribution in [-0.2, 0) is 10.3 Å². The third-order valence-electron chi connectivity index (χ3n) is 2.96. The molecule has 0 spiro atoms. The Hall–Kier alpha value is -2.42. The highest BCUT2D eigenvalue weighted by Crippen LogP contribution is 2.29. The molecule has 4 nitrogen and oxygen atoms in total. The molecular formula is C13H10F2N2O2. The van der Waals surface area contributed by atoms with Crippen LogP contribution in [0.1, 0.15) is 12.5 Å². The fraction of sp³-hybridized carbons (Fsp3) is 0.231. The first-order valence-corrected chi connectivity index (χ1v) is 5.42. The lowest BCUT2D eigenvalue weighted by atomic mass is 9.92. The van der Waals surface area contributed by atoms with Crippen molar-refractivity contribution in [2.24, 2.45) is 0 Å². The van der Waals surface area contributed by atoms with Gasteiger partial charge in [0.1, 0.15) is 17.2 Å². The summed E-state index contributed by atoms with van der Waals surface area (Å²) in [5, 5.41) is 2.39. The zero-order valence-corrected chi connectivity index (χ0v) is 10.0. The largest absolute Gasteiger partial charge is 0.326 e. The van der Waals surface area contributed by atoms with Crippen molar-refractivity contribution in [1.82, 2.24) is 10.2 Å². The highest BCUT2D eigenvalue weighted by atomic mass is 19.1. The first-order valence-electron chi connectivity index (χ1n) is 5.42. The molecule has 3 amide bonds. The average Bonchev–Trinajstić information content (AvgIpc) is 2.53. The summed E-state index contributed by atoms with van der Waals surface area (Å²) in [7, 11) is 0. The Morgan fingerprint density at radius 2 is 1.89 bits per heavy atom. The SMILES string of the molecule is C#CCN1C(=O)N[C@@](C)(c2cc(F)cc(F)c2)C1=O. The van der Waals surface area contributed by atoms with E-state index in [0.29, 0.717) is 6.07 Å². The molecule has 1 heterocycles. The van der Waals surface area contributed by atoms with Gasteiger partial charge in [0.2, 0.25) is 0 Å². The van der Waals surface area contributed by atoms with Crippen molar-refractivity contribution < 1.29 is 18.4 Å². The molecule has 0 saturated carbocycles. The molecule has 2 rings (SSSR count). The molecule has 1 N–H and O–H groups in total. The van der Waals surface area contributed by atoms with Crippen molar-refractivity contribution in [1.29, 1.82) is 0 Å². The number of rotatable bonds is 2. The molecular weight excluding hydrogens is 254 g/mol. The third-order valence-corrected chi connectivity index (χ3v) is 2.96. The number of carbonyl (C=O) groups is 2. The van der Waals surface area contributed by atoms with Crippen LogP contribution < -0.4 is 5.32 Å². The van der Waals surface area contributed by atoms with Crippen LogP contribution >= 0.6 is 0 Å². The Kier molecular flexibility index (Phi) is 2.98. The maximum absolute atomic E-state index is 13.2. The van der Waals surface area contributed by atoms with Gasteiger partial charge >= 0.3 is 6.03 Å². The first-order chi connectivity index (χ1) is 8.88. The van der Waals surface area contributed by atoms with Crippen molar-refractivity contribution in [2.75, 3.05) is 6.54 Å². The fourth-order valence-corrected chi connectivity index (χ4v) is 1.97. The summed E-state index contributed by atoms with van der Waals surface area (Å²) in [5.74, 6) is -0.110. The van der Waals surface area contributed by atoms with E-state index in [2.05, 4.69) is 11.2 Å². The molecule has 1 saturated heterocycles. The van der Waals surface area contributed by atoms with Gasteiger partial charge in [0, 0.05) is 6.07 Å². The van der Waals surface area contributed by atoms with Gasteiger partial charge in [0.25, 0.3) is 5.91 Å².